The molecule has 6 nitrogen and oxygen atoms in total. The van der Waals surface area contributed by atoms with Gasteiger partial charge in [-0.3, -0.25) is 4.79 Å². The zero-order valence-corrected chi connectivity index (χ0v) is 15.5. The van der Waals surface area contributed by atoms with Crippen LogP contribution < -0.4 is 5.32 Å². The molecule has 0 bridgehead atoms. The second-order valence-corrected chi connectivity index (χ2v) is 7.36. The number of thioether (sulfide) groups is 1. The Kier molecular flexibility index (Phi) is 5.81. The Morgan fingerprint density at radius 2 is 1.63 bits per heavy atom. The zero-order chi connectivity index (χ0) is 19.4. The molecular weight excluding hydrogens is 366 g/mol. The summed E-state index contributed by atoms with van der Waals surface area (Å²) in [5, 5.41) is 11.3. The van der Waals surface area contributed by atoms with E-state index < -0.39 is 18.1 Å². The van der Waals surface area contributed by atoms with Gasteiger partial charge in [0, 0.05) is 18.6 Å². The van der Waals surface area contributed by atoms with Gasteiger partial charge in [0.15, 0.2) is 5.12 Å². The van der Waals surface area contributed by atoms with Crippen LogP contribution in [0.2, 0.25) is 0 Å². The topological polar surface area (TPSA) is 92.7 Å². The molecule has 0 radical (unpaired) electrons. The van der Waals surface area contributed by atoms with E-state index in [0.717, 1.165) is 34.0 Å². The summed E-state index contributed by atoms with van der Waals surface area (Å²) in [5.41, 5.74) is 4.38. The number of amides is 1. The summed E-state index contributed by atoms with van der Waals surface area (Å²) >= 11 is 0.844. The molecule has 1 aliphatic rings. The number of nitrogens with one attached hydrogen (secondary N) is 1. The summed E-state index contributed by atoms with van der Waals surface area (Å²) in [6.07, 6.45) is -0.812. The van der Waals surface area contributed by atoms with E-state index in [0.29, 0.717) is 0 Å². The van der Waals surface area contributed by atoms with Crippen LogP contribution in [0.5, 0.6) is 0 Å². The highest BCUT2D eigenvalue weighted by Gasteiger charge is 2.29. The van der Waals surface area contributed by atoms with E-state index in [2.05, 4.69) is 5.32 Å². The minimum atomic E-state index is -1.21. The van der Waals surface area contributed by atoms with Gasteiger partial charge in [0.2, 0.25) is 0 Å². The number of alkyl carbamates (subject to hydrolysis) is 1. The van der Waals surface area contributed by atoms with Gasteiger partial charge in [-0.2, -0.15) is 0 Å². The quantitative estimate of drug-likeness (QED) is 0.793. The van der Waals surface area contributed by atoms with Crippen LogP contribution >= 0.6 is 11.8 Å². The van der Waals surface area contributed by atoms with E-state index >= 15 is 0 Å². The molecule has 1 amide bonds. The molecule has 0 spiro atoms. The second kappa shape index (κ2) is 8.26. The molecule has 140 valence electrons. The molecule has 27 heavy (non-hydrogen) atoms. The van der Waals surface area contributed by atoms with E-state index in [1.54, 1.807) is 0 Å². The smallest absolute Gasteiger partial charge is 0.407 e. The van der Waals surface area contributed by atoms with Crippen molar-refractivity contribution in [3.8, 4) is 11.1 Å². The fourth-order valence-corrected chi connectivity index (χ4v) is 3.79. The maximum absolute atomic E-state index is 12.1. The first-order valence-corrected chi connectivity index (χ1v) is 9.43. The van der Waals surface area contributed by atoms with E-state index in [4.69, 9.17) is 4.74 Å². The summed E-state index contributed by atoms with van der Waals surface area (Å²) in [5.74, 6) is -1.36. The number of carboxylic acid groups (broad SMARTS) is 1. The largest absolute Gasteiger partial charge is 0.480 e. The number of ether oxygens (including phenoxy) is 1. The number of carbonyl (C=O) groups excluding carboxylic acids is 2. The van der Waals surface area contributed by atoms with Crippen molar-refractivity contribution in [1.82, 2.24) is 5.32 Å². The molecular formula is C20H19NO5S. The summed E-state index contributed by atoms with van der Waals surface area (Å²) in [6, 6.07) is 14.7. The van der Waals surface area contributed by atoms with Crippen molar-refractivity contribution in [1.29, 1.82) is 0 Å². The number of hydrogen-bond donors (Lipinski definition) is 2. The van der Waals surface area contributed by atoms with Gasteiger partial charge in [0.1, 0.15) is 12.6 Å². The van der Waals surface area contributed by atoms with E-state index in [-0.39, 0.29) is 23.4 Å². The van der Waals surface area contributed by atoms with Crippen LogP contribution in [0.4, 0.5) is 4.79 Å². The number of hydrogen-bond acceptors (Lipinski definition) is 5. The Morgan fingerprint density at radius 1 is 1.07 bits per heavy atom. The van der Waals surface area contributed by atoms with E-state index in [9.17, 15) is 19.5 Å². The first-order valence-electron chi connectivity index (χ1n) is 8.45. The van der Waals surface area contributed by atoms with Gasteiger partial charge >= 0.3 is 12.1 Å². The number of benzene rings is 2. The molecule has 0 fully saturated rings. The van der Waals surface area contributed by atoms with Crippen LogP contribution in [0.3, 0.4) is 0 Å². The lowest BCUT2D eigenvalue weighted by Gasteiger charge is -2.17. The highest BCUT2D eigenvalue weighted by Crippen LogP contribution is 2.44. The molecule has 0 aromatic heterocycles. The first-order chi connectivity index (χ1) is 13.0. The summed E-state index contributed by atoms with van der Waals surface area (Å²) < 4.78 is 5.32. The predicted octanol–water partition coefficient (Wildman–Crippen LogP) is 3.26. The number of aliphatic carboxylic acids is 1. The Hall–Kier alpha value is -2.80. The number of carbonyl (C=O) groups is 3. The van der Waals surface area contributed by atoms with Crippen molar-refractivity contribution in [2.75, 3.05) is 12.4 Å². The highest BCUT2D eigenvalue weighted by atomic mass is 32.2. The summed E-state index contributed by atoms with van der Waals surface area (Å²) in [4.78, 5) is 34.3. The molecule has 1 aliphatic carbocycles. The van der Waals surface area contributed by atoms with Gasteiger partial charge in [-0.25, -0.2) is 9.59 Å². The van der Waals surface area contributed by atoms with Gasteiger partial charge in [-0.1, -0.05) is 60.3 Å². The monoisotopic (exact) mass is 385 g/mol. The fourth-order valence-electron chi connectivity index (χ4n) is 3.16. The molecule has 1 atom stereocenters. The van der Waals surface area contributed by atoms with Crippen LogP contribution in [0, 0.1) is 0 Å². The van der Waals surface area contributed by atoms with E-state index in [1.165, 1.54) is 6.92 Å². The molecule has 0 aliphatic heterocycles. The molecule has 0 saturated heterocycles. The zero-order valence-electron chi connectivity index (χ0n) is 14.7. The van der Waals surface area contributed by atoms with Gasteiger partial charge in [-0.15, -0.1) is 0 Å². The van der Waals surface area contributed by atoms with Crippen molar-refractivity contribution in [2.45, 2.75) is 18.9 Å². The normalized spacial score (nSPS) is 13.4. The maximum Gasteiger partial charge on any atom is 0.407 e. The van der Waals surface area contributed by atoms with Crippen molar-refractivity contribution >= 4 is 28.9 Å². The summed E-state index contributed by atoms with van der Waals surface area (Å²) in [7, 11) is 0. The average molecular weight is 385 g/mol. The average Bonchev–Trinajstić information content (AvgIpc) is 2.97. The molecule has 3 rings (SSSR count). The van der Waals surface area contributed by atoms with Crippen LogP contribution in [0.1, 0.15) is 24.0 Å². The predicted molar refractivity (Wildman–Crippen MR) is 103 cm³/mol. The van der Waals surface area contributed by atoms with Crippen LogP contribution in [0.15, 0.2) is 48.5 Å². The second-order valence-electron chi connectivity index (χ2n) is 6.16. The van der Waals surface area contributed by atoms with Gasteiger partial charge in [-0.05, 0) is 22.3 Å². The molecule has 0 heterocycles. The molecule has 2 N–H and O–H groups in total. The molecule has 0 saturated carbocycles. The Morgan fingerprint density at radius 3 is 2.15 bits per heavy atom. The molecule has 7 heteroatoms. The van der Waals surface area contributed by atoms with Crippen molar-refractivity contribution in [3.05, 3.63) is 59.7 Å². The lowest BCUT2D eigenvalue weighted by molar-refractivity contribution is -0.138. The highest BCUT2D eigenvalue weighted by molar-refractivity contribution is 8.13. The maximum atomic E-state index is 12.1. The molecule has 2 aromatic rings. The van der Waals surface area contributed by atoms with Crippen molar-refractivity contribution < 1.29 is 24.2 Å². The van der Waals surface area contributed by atoms with Gasteiger partial charge < -0.3 is 15.2 Å². The summed E-state index contributed by atoms with van der Waals surface area (Å²) in [6.45, 7) is 1.45. The Balaban J connectivity index is 1.67. The Bertz CT molecular complexity index is 837. The third kappa shape index (κ3) is 4.31. The van der Waals surface area contributed by atoms with Crippen LogP contribution in [-0.4, -0.2) is 40.7 Å². The third-order valence-electron chi connectivity index (χ3n) is 4.39. The van der Waals surface area contributed by atoms with Gasteiger partial charge in [0.25, 0.3) is 0 Å². The minimum absolute atomic E-state index is 0.0468. The lowest BCUT2D eigenvalue weighted by atomic mass is 9.98. The standard InChI is InChI=1S/C20H19NO5S/c1-12(22)27-11-18(19(23)24)21-20(25)26-10-17-15-8-4-2-6-13(15)14-7-3-5-9-16(14)17/h2-9,17-18H,10-11H2,1H3,(H,21,25)(H,23,24)/t18-/m0/s1. The van der Waals surface area contributed by atoms with Crippen LogP contribution in [-0.2, 0) is 14.3 Å². The Labute approximate surface area is 160 Å². The van der Waals surface area contributed by atoms with Crippen molar-refractivity contribution in [2.24, 2.45) is 0 Å². The van der Waals surface area contributed by atoms with Crippen LogP contribution in [0.25, 0.3) is 11.1 Å². The van der Waals surface area contributed by atoms with Crippen molar-refractivity contribution in [3.63, 3.8) is 0 Å². The fraction of sp³-hybridized carbons (Fsp3) is 0.250. The first kappa shape index (κ1) is 19.0. The minimum Gasteiger partial charge on any atom is -0.480 e. The molecule has 0 unspecified atom stereocenters. The SMILES string of the molecule is CC(=O)SC[C@H](NC(=O)OCC1c2ccccc2-c2ccccc21)C(=O)O. The third-order valence-corrected chi connectivity index (χ3v) is 5.29. The number of fused-ring (bicyclic) bond motifs is 3. The molecule has 2 aromatic carbocycles. The lowest BCUT2D eigenvalue weighted by Crippen LogP contribution is -2.43. The van der Waals surface area contributed by atoms with E-state index in [1.807, 2.05) is 48.5 Å². The number of carboxylic acids is 1. The van der Waals surface area contributed by atoms with Gasteiger partial charge in [0.05, 0.1) is 0 Å². The number of rotatable bonds is 6.